The van der Waals surface area contributed by atoms with Crippen molar-refractivity contribution in [1.29, 1.82) is 0 Å². The number of rotatable bonds is 5. The van der Waals surface area contributed by atoms with Crippen molar-refractivity contribution in [2.75, 3.05) is 19.9 Å². The first-order chi connectivity index (χ1) is 10.6. The van der Waals surface area contributed by atoms with Crippen LogP contribution in [0, 0.1) is 5.92 Å². The average Bonchev–Trinajstić information content (AvgIpc) is 2.97. The zero-order valence-corrected chi connectivity index (χ0v) is 13.2. The molecule has 0 radical (unpaired) electrons. The van der Waals surface area contributed by atoms with Gasteiger partial charge in [-0.15, -0.1) is 0 Å². The molecule has 0 unspecified atom stereocenters. The summed E-state index contributed by atoms with van der Waals surface area (Å²) in [6.45, 7) is 7.40. The molecule has 120 valence electrons. The van der Waals surface area contributed by atoms with Gasteiger partial charge in [0.2, 0.25) is 6.79 Å². The van der Waals surface area contributed by atoms with Crippen LogP contribution in [0.5, 0.6) is 11.5 Å². The molecule has 1 aromatic rings. The maximum Gasteiger partial charge on any atom is 0.291 e. The minimum Gasteiger partial charge on any atom is -0.465 e. The standard InChI is InChI=1S/C16H22N2O4/c1-4-7-20-16(17-9-11(2)3)18-15(19)12-5-6-13-14(8-12)22-10-21-13/h5-6,8,11H,4,7,9-10H2,1-3H3,(H,17,18,19). The quantitative estimate of drug-likeness (QED) is 0.670. The molecule has 0 atom stereocenters. The third-order valence-electron chi connectivity index (χ3n) is 2.90. The van der Waals surface area contributed by atoms with Crippen LogP contribution in [0.15, 0.2) is 23.2 Å². The highest BCUT2D eigenvalue weighted by molar-refractivity contribution is 6.04. The van der Waals surface area contributed by atoms with Crippen LogP contribution in [0.2, 0.25) is 0 Å². The van der Waals surface area contributed by atoms with Gasteiger partial charge >= 0.3 is 0 Å². The molecule has 0 spiro atoms. The predicted octanol–water partition coefficient (Wildman–Crippen LogP) is 2.58. The first kappa shape index (κ1) is 16.1. The fourth-order valence-electron chi connectivity index (χ4n) is 1.79. The minimum atomic E-state index is -0.281. The molecule has 22 heavy (non-hydrogen) atoms. The van der Waals surface area contributed by atoms with Gasteiger partial charge in [-0.3, -0.25) is 10.1 Å². The van der Waals surface area contributed by atoms with Gasteiger partial charge in [0.15, 0.2) is 11.5 Å². The molecule has 0 saturated carbocycles. The van der Waals surface area contributed by atoms with E-state index in [0.717, 1.165) is 6.42 Å². The summed E-state index contributed by atoms with van der Waals surface area (Å²) in [6, 6.07) is 5.31. The molecule has 6 heteroatoms. The summed E-state index contributed by atoms with van der Waals surface area (Å²) in [6.07, 6.45) is 0.848. The van der Waals surface area contributed by atoms with E-state index in [2.05, 4.69) is 24.2 Å². The SMILES string of the molecule is CCCOC(=NCC(C)C)NC(=O)c1ccc2c(c1)OCO2. The Balaban J connectivity index is 2.04. The third kappa shape index (κ3) is 4.38. The van der Waals surface area contributed by atoms with Crippen molar-refractivity contribution in [3.8, 4) is 11.5 Å². The topological polar surface area (TPSA) is 69.2 Å². The van der Waals surface area contributed by atoms with Gasteiger partial charge in [-0.2, -0.15) is 0 Å². The minimum absolute atomic E-state index is 0.182. The molecule has 1 N–H and O–H groups in total. The van der Waals surface area contributed by atoms with Crippen molar-refractivity contribution in [2.24, 2.45) is 10.9 Å². The summed E-state index contributed by atoms with van der Waals surface area (Å²) < 4.78 is 16.0. The van der Waals surface area contributed by atoms with Gasteiger partial charge in [-0.25, -0.2) is 4.99 Å². The Morgan fingerprint density at radius 1 is 1.36 bits per heavy atom. The van der Waals surface area contributed by atoms with Crippen molar-refractivity contribution in [3.05, 3.63) is 23.8 Å². The van der Waals surface area contributed by atoms with Crippen LogP contribution < -0.4 is 14.8 Å². The summed E-state index contributed by atoms with van der Waals surface area (Å²) >= 11 is 0. The lowest BCUT2D eigenvalue weighted by atomic mass is 10.2. The number of hydrogen-bond acceptors (Lipinski definition) is 5. The molecule has 0 aromatic heterocycles. The Kier molecular flexibility index (Phi) is 5.63. The van der Waals surface area contributed by atoms with Crippen LogP contribution in [-0.4, -0.2) is 31.9 Å². The molecule has 1 aliphatic rings. The predicted molar refractivity (Wildman–Crippen MR) is 83.4 cm³/mol. The van der Waals surface area contributed by atoms with E-state index in [1.165, 1.54) is 0 Å². The Bertz CT molecular complexity index is 555. The zero-order chi connectivity index (χ0) is 15.9. The number of carbonyl (C=O) groups excluding carboxylic acids is 1. The molecule has 0 aliphatic carbocycles. The summed E-state index contributed by atoms with van der Waals surface area (Å²) in [7, 11) is 0. The van der Waals surface area contributed by atoms with Gasteiger partial charge in [-0.1, -0.05) is 20.8 Å². The second-order valence-electron chi connectivity index (χ2n) is 5.41. The van der Waals surface area contributed by atoms with E-state index >= 15 is 0 Å². The van der Waals surface area contributed by atoms with Crippen LogP contribution in [0.25, 0.3) is 0 Å². The van der Waals surface area contributed by atoms with Gasteiger partial charge in [0.25, 0.3) is 11.9 Å². The van der Waals surface area contributed by atoms with Crippen molar-refractivity contribution < 1.29 is 19.0 Å². The fraction of sp³-hybridized carbons (Fsp3) is 0.500. The Hall–Kier alpha value is -2.24. The number of fused-ring (bicyclic) bond motifs is 1. The van der Waals surface area contributed by atoms with E-state index < -0.39 is 0 Å². The molecule has 1 aromatic carbocycles. The van der Waals surface area contributed by atoms with Crippen LogP contribution in [0.1, 0.15) is 37.6 Å². The van der Waals surface area contributed by atoms with E-state index in [1.807, 2.05) is 6.92 Å². The molecular formula is C16H22N2O4. The summed E-state index contributed by atoms with van der Waals surface area (Å²) in [5.41, 5.74) is 0.474. The Morgan fingerprint density at radius 3 is 2.86 bits per heavy atom. The number of amides is 1. The maximum absolute atomic E-state index is 12.3. The van der Waals surface area contributed by atoms with Crippen LogP contribution in [0.4, 0.5) is 0 Å². The number of amidine groups is 1. The van der Waals surface area contributed by atoms with Crippen molar-refractivity contribution in [1.82, 2.24) is 5.32 Å². The molecule has 6 nitrogen and oxygen atoms in total. The van der Waals surface area contributed by atoms with Crippen molar-refractivity contribution in [3.63, 3.8) is 0 Å². The van der Waals surface area contributed by atoms with E-state index in [4.69, 9.17) is 14.2 Å². The van der Waals surface area contributed by atoms with Crippen LogP contribution in [-0.2, 0) is 4.74 Å². The second kappa shape index (κ2) is 7.68. The van der Waals surface area contributed by atoms with E-state index in [0.29, 0.717) is 36.1 Å². The molecule has 0 fully saturated rings. The van der Waals surface area contributed by atoms with Crippen LogP contribution in [0.3, 0.4) is 0 Å². The number of aliphatic imine (C=N–C) groups is 1. The number of carbonyl (C=O) groups is 1. The zero-order valence-electron chi connectivity index (χ0n) is 13.2. The fourth-order valence-corrected chi connectivity index (χ4v) is 1.79. The van der Waals surface area contributed by atoms with Gasteiger partial charge < -0.3 is 14.2 Å². The molecule has 0 saturated heterocycles. The molecule has 1 heterocycles. The molecule has 0 bridgehead atoms. The number of benzene rings is 1. The maximum atomic E-state index is 12.3. The number of nitrogens with one attached hydrogen (secondary N) is 1. The molecule has 1 amide bonds. The van der Waals surface area contributed by atoms with Gasteiger partial charge in [-0.05, 0) is 30.5 Å². The third-order valence-corrected chi connectivity index (χ3v) is 2.90. The lowest BCUT2D eigenvalue weighted by Gasteiger charge is -2.11. The normalized spacial score (nSPS) is 13.4. The lowest BCUT2D eigenvalue weighted by molar-refractivity contribution is 0.0964. The van der Waals surface area contributed by atoms with Crippen molar-refractivity contribution >= 4 is 11.9 Å². The van der Waals surface area contributed by atoms with E-state index in [1.54, 1.807) is 18.2 Å². The van der Waals surface area contributed by atoms with Crippen LogP contribution >= 0.6 is 0 Å². The second-order valence-corrected chi connectivity index (χ2v) is 5.41. The highest BCUT2D eigenvalue weighted by Crippen LogP contribution is 2.32. The van der Waals surface area contributed by atoms with Gasteiger partial charge in [0, 0.05) is 12.1 Å². The van der Waals surface area contributed by atoms with Gasteiger partial charge in [0.1, 0.15) is 0 Å². The molecule has 1 aliphatic heterocycles. The number of hydrogen-bond donors (Lipinski definition) is 1. The summed E-state index contributed by atoms with van der Waals surface area (Å²) in [5.74, 6) is 1.33. The monoisotopic (exact) mass is 306 g/mol. The van der Waals surface area contributed by atoms with Gasteiger partial charge in [0.05, 0.1) is 6.61 Å². The molecular weight excluding hydrogens is 284 g/mol. The van der Waals surface area contributed by atoms with E-state index in [9.17, 15) is 4.79 Å². The highest BCUT2D eigenvalue weighted by atomic mass is 16.7. The number of nitrogens with zero attached hydrogens (tertiary/aromatic N) is 1. The Labute approximate surface area is 130 Å². The highest BCUT2D eigenvalue weighted by Gasteiger charge is 2.17. The number of ether oxygens (including phenoxy) is 3. The average molecular weight is 306 g/mol. The first-order valence-electron chi connectivity index (χ1n) is 7.48. The molecule has 2 rings (SSSR count). The first-order valence-corrected chi connectivity index (χ1v) is 7.48. The Morgan fingerprint density at radius 2 is 2.14 bits per heavy atom. The summed E-state index contributed by atoms with van der Waals surface area (Å²) in [4.78, 5) is 16.6. The van der Waals surface area contributed by atoms with Crippen molar-refractivity contribution in [2.45, 2.75) is 27.2 Å². The smallest absolute Gasteiger partial charge is 0.291 e. The van der Waals surface area contributed by atoms with E-state index in [-0.39, 0.29) is 18.7 Å². The lowest BCUT2D eigenvalue weighted by Crippen LogP contribution is -2.33. The summed E-state index contributed by atoms with van der Waals surface area (Å²) in [5, 5.41) is 2.71. The largest absolute Gasteiger partial charge is 0.465 e.